The third kappa shape index (κ3) is 3.67. The molecule has 5 nitrogen and oxygen atoms in total. The Morgan fingerprint density at radius 1 is 1.08 bits per heavy atom. The van der Waals surface area contributed by atoms with Crippen molar-refractivity contribution in [3.05, 3.63) is 21.4 Å². The van der Waals surface area contributed by atoms with E-state index in [1.54, 1.807) is 11.3 Å². The van der Waals surface area contributed by atoms with E-state index in [9.17, 15) is 9.59 Å². The summed E-state index contributed by atoms with van der Waals surface area (Å²) in [4.78, 5) is 31.7. The Morgan fingerprint density at radius 3 is 2.54 bits per heavy atom. The average Bonchev–Trinajstić information content (AvgIpc) is 3.11. The van der Waals surface area contributed by atoms with Crippen molar-refractivity contribution in [2.45, 2.75) is 39.0 Å². The molecule has 1 aromatic rings. The summed E-state index contributed by atoms with van der Waals surface area (Å²) in [6.07, 6.45) is 5.02. The van der Waals surface area contributed by atoms with Crippen LogP contribution in [0.15, 0.2) is 6.07 Å². The molecule has 142 valence electrons. The molecule has 3 aliphatic rings. The van der Waals surface area contributed by atoms with Crippen LogP contribution in [0.3, 0.4) is 0 Å². The Morgan fingerprint density at radius 2 is 1.81 bits per heavy atom. The number of carbonyl (C=O) groups excluding carboxylic acids is 2. The first-order chi connectivity index (χ1) is 12.6. The van der Waals surface area contributed by atoms with Crippen molar-refractivity contribution in [1.82, 2.24) is 9.80 Å². The predicted octanol–water partition coefficient (Wildman–Crippen LogP) is 2.58. The molecule has 0 saturated carbocycles. The summed E-state index contributed by atoms with van der Waals surface area (Å²) >= 11 is 1.69. The second-order valence-electron chi connectivity index (χ2n) is 7.91. The zero-order chi connectivity index (χ0) is 18.1. The van der Waals surface area contributed by atoms with Crippen LogP contribution in [0.2, 0.25) is 0 Å². The molecule has 1 atom stereocenters. The Labute approximate surface area is 159 Å². The van der Waals surface area contributed by atoms with Crippen molar-refractivity contribution in [2.24, 2.45) is 11.8 Å². The standard InChI is InChI=1S/C20H28N2O3S/c1-14-2-3-17-16(12-14)13-18(26-17)20(24)21-6-4-15(5-7-21)19(23)22-8-10-25-11-9-22/h13-15H,2-12H2,1H3. The second-order valence-corrected chi connectivity index (χ2v) is 9.05. The van der Waals surface area contributed by atoms with Gasteiger partial charge in [0.2, 0.25) is 5.91 Å². The lowest BCUT2D eigenvalue weighted by molar-refractivity contribution is -0.141. The molecule has 2 amide bonds. The fourth-order valence-electron chi connectivity index (χ4n) is 4.34. The third-order valence-electron chi connectivity index (χ3n) is 5.99. The highest BCUT2D eigenvalue weighted by Crippen LogP contribution is 2.33. The number of hydrogen-bond acceptors (Lipinski definition) is 4. The molecule has 2 aliphatic heterocycles. The first-order valence-corrected chi connectivity index (χ1v) is 10.7. The number of piperidine rings is 1. The second kappa shape index (κ2) is 7.69. The van der Waals surface area contributed by atoms with Gasteiger partial charge in [0.25, 0.3) is 5.91 Å². The molecule has 1 aliphatic carbocycles. The quantitative estimate of drug-likeness (QED) is 0.797. The van der Waals surface area contributed by atoms with Crippen LogP contribution in [0.4, 0.5) is 0 Å². The number of fused-ring (bicyclic) bond motifs is 1. The van der Waals surface area contributed by atoms with Crippen LogP contribution in [-0.4, -0.2) is 61.0 Å². The molecule has 0 aromatic carbocycles. The molecule has 0 spiro atoms. The minimum Gasteiger partial charge on any atom is -0.378 e. The molecule has 2 fully saturated rings. The lowest BCUT2D eigenvalue weighted by Crippen LogP contribution is -2.47. The van der Waals surface area contributed by atoms with E-state index < -0.39 is 0 Å². The molecule has 1 unspecified atom stereocenters. The van der Waals surface area contributed by atoms with Gasteiger partial charge in [0.1, 0.15) is 0 Å². The van der Waals surface area contributed by atoms with Gasteiger partial charge >= 0.3 is 0 Å². The molecule has 4 rings (SSSR count). The lowest BCUT2D eigenvalue weighted by atomic mass is 9.90. The highest BCUT2D eigenvalue weighted by atomic mass is 32.1. The number of nitrogens with zero attached hydrogens (tertiary/aromatic N) is 2. The number of carbonyl (C=O) groups is 2. The van der Waals surface area contributed by atoms with Gasteiger partial charge in [-0.15, -0.1) is 11.3 Å². The monoisotopic (exact) mass is 376 g/mol. The van der Waals surface area contributed by atoms with Crippen molar-refractivity contribution in [3.63, 3.8) is 0 Å². The molecule has 0 radical (unpaired) electrons. The summed E-state index contributed by atoms with van der Waals surface area (Å²) in [7, 11) is 0. The molecule has 0 bridgehead atoms. The predicted molar refractivity (Wildman–Crippen MR) is 102 cm³/mol. The number of amides is 2. The molecule has 26 heavy (non-hydrogen) atoms. The first kappa shape index (κ1) is 18.0. The van der Waals surface area contributed by atoms with Crippen molar-refractivity contribution in [3.8, 4) is 0 Å². The van der Waals surface area contributed by atoms with E-state index in [0.717, 1.165) is 36.5 Å². The Kier molecular flexibility index (Phi) is 5.32. The van der Waals surface area contributed by atoms with Gasteiger partial charge in [0.15, 0.2) is 0 Å². The van der Waals surface area contributed by atoms with Gasteiger partial charge in [-0.25, -0.2) is 0 Å². The van der Waals surface area contributed by atoms with Gasteiger partial charge in [-0.1, -0.05) is 6.92 Å². The molecule has 6 heteroatoms. The zero-order valence-electron chi connectivity index (χ0n) is 15.5. The van der Waals surface area contributed by atoms with Gasteiger partial charge in [-0.05, 0) is 49.7 Å². The smallest absolute Gasteiger partial charge is 0.263 e. The van der Waals surface area contributed by atoms with Crippen molar-refractivity contribution < 1.29 is 14.3 Å². The number of hydrogen-bond donors (Lipinski definition) is 0. The van der Waals surface area contributed by atoms with Gasteiger partial charge in [-0.2, -0.15) is 0 Å². The highest BCUT2D eigenvalue weighted by Gasteiger charge is 2.32. The van der Waals surface area contributed by atoms with E-state index >= 15 is 0 Å². The minimum atomic E-state index is 0.0644. The summed E-state index contributed by atoms with van der Waals surface area (Å²) in [5.74, 6) is 1.20. The lowest BCUT2D eigenvalue weighted by Gasteiger charge is -2.35. The maximum absolute atomic E-state index is 12.9. The number of morpholine rings is 1. The van der Waals surface area contributed by atoms with Gasteiger partial charge in [-0.3, -0.25) is 9.59 Å². The van der Waals surface area contributed by atoms with Crippen LogP contribution in [-0.2, 0) is 22.4 Å². The van der Waals surface area contributed by atoms with E-state index in [0.29, 0.717) is 39.4 Å². The average molecular weight is 377 g/mol. The maximum Gasteiger partial charge on any atom is 0.263 e. The minimum absolute atomic E-state index is 0.0644. The van der Waals surface area contributed by atoms with E-state index in [1.165, 1.54) is 16.9 Å². The van der Waals surface area contributed by atoms with E-state index in [1.807, 2.05) is 9.80 Å². The number of thiophene rings is 1. The summed E-state index contributed by atoms with van der Waals surface area (Å²) < 4.78 is 5.33. The molecule has 3 heterocycles. The fourth-order valence-corrected chi connectivity index (χ4v) is 5.51. The molecule has 2 saturated heterocycles. The van der Waals surface area contributed by atoms with Crippen LogP contribution >= 0.6 is 11.3 Å². The summed E-state index contributed by atoms with van der Waals surface area (Å²) in [5.41, 5.74) is 1.38. The normalized spacial score (nSPS) is 24.4. The zero-order valence-corrected chi connectivity index (χ0v) is 16.4. The molecular formula is C20H28N2O3S. The molecule has 0 N–H and O–H groups in total. The number of likely N-dealkylation sites (tertiary alicyclic amines) is 1. The fraction of sp³-hybridized carbons (Fsp3) is 0.700. The summed E-state index contributed by atoms with van der Waals surface area (Å²) in [6.45, 7) is 6.37. The third-order valence-corrected chi connectivity index (χ3v) is 7.22. The van der Waals surface area contributed by atoms with Crippen LogP contribution < -0.4 is 0 Å². The van der Waals surface area contributed by atoms with Crippen LogP contribution in [0, 0.1) is 11.8 Å². The van der Waals surface area contributed by atoms with Gasteiger partial charge < -0.3 is 14.5 Å². The summed E-state index contributed by atoms with van der Waals surface area (Å²) in [6, 6.07) is 2.13. The SMILES string of the molecule is CC1CCc2sc(C(=O)N3CCC(C(=O)N4CCOCC4)CC3)cc2C1. The molecule has 1 aromatic heterocycles. The van der Waals surface area contributed by atoms with E-state index in [2.05, 4.69) is 13.0 Å². The largest absolute Gasteiger partial charge is 0.378 e. The maximum atomic E-state index is 12.9. The summed E-state index contributed by atoms with van der Waals surface area (Å²) in [5, 5.41) is 0. The van der Waals surface area contributed by atoms with Crippen molar-refractivity contribution in [2.75, 3.05) is 39.4 Å². The van der Waals surface area contributed by atoms with Crippen molar-refractivity contribution >= 4 is 23.2 Å². The highest BCUT2D eigenvalue weighted by molar-refractivity contribution is 7.14. The Hall–Kier alpha value is -1.40. The van der Waals surface area contributed by atoms with Gasteiger partial charge in [0.05, 0.1) is 18.1 Å². The van der Waals surface area contributed by atoms with Crippen LogP contribution in [0.5, 0.6) is 0 Å². The molecular weight excluding hydrogens is 348 g/mol. The Bertz CT molecular complexity index is 673. The Balaban J connectivity index is 1.34. The van der Waals surface area contributed by atoms with E-state index in [-0.39, 0.29) is 17.7 Å². The van der Waals surface area contributed by atoms with Crippen molar-refractivity contribution in [1.29, 1.82) is 0 Å². The van der Waals surface area contributed by atoms with Gasteiger partial charge in [0, 0.05) is 37.0 Å². The first-order valence-electron chi connectivity index (χ1n) is 9.89. The number of ether oxygens (including phenoxy) is 1. The number of aryl methyl sites for hydroxylation is 1. The topological polar surface area (TPSA) is 49.9 Å². The number of rotatable bonds is 2. The van der Waals surface area contributed by atoms with Crippen LogP contribution in [0.25, 0.3) is 0 Å². The van der Waals surface area contributed by atoms with Crippen LogP contribution in [0.1, 0.15) is 46.3 Å². The van der Waals surface area contributed by atoms with E-state index in [4.69, 9.17) is 4.74 Å².